The Balaban J connectivity index is 0.000000170. The number of aromatic nitrogens is 8. The van der Waals surface area contributed by atoms with E-state index in [0.717, 1.165) is 44.3 Å². The number of rotatable bonds is 5. The van der Waals surface area contributed by atoms with Crippen LogP contribution < -0.4 is 16.7 Å². The van der Waals surface area contributed by atoms with E-state index in [1.54, 1.807) is 50.7 Å². The number of aromatic hydroxyl groups is 1. The van der Waals surface area contributed by atoms with Crippen LogP contribution in [0.5, 0.6) is 5.75 Å². The molecule has 16 heteroatoms. The third-order valence-corrected chi connectivity index (χ3v) is 8.93. The van der Waals surface area contributed by atoms with Gasteiger partial charge >= 0.3 is 17.5 Å². The summed E-state index contributed by atoms with van der Waals surface area (Å²) in [4.78, 5) is 61.5. The second-order valence-electron chi connectivity index (χ2n) is 13.6. The maximum atomic E-state index is 12.3. The van der Waals surface area contributed by atoms with Crippen molar-refractivity contribution in [3.63, 3.8) is 0 Å². The zero-order chi connectivity index (χ0) is 34.7. The maximum absolute atomic E-state index is 12.3. The molecule has 15 nitrogen and oxygen atoms in total. The monoisotopic (exact) mass is 736 g/mol. The molecule has 4 N–H and O–H groups in total. The van der Waals surface area contributed by atoms with Crippen molar-refractivity contribution >= 4 is 44.6 Å². The lowest BCUT2D eigenvalue weighted by molar-refractivity contribution is 0.0157. The first-order valence-electron chi connectivity index (χ1n) is 16.5. The Kier molecular flexibility index (Phi) is 10.2. The quantitative estimate of drug-likeness (QED) is 0.205. The van der Waals surface area contributed by atoms with Gasteiger partial charge in [-0.25, -0.2) is 34.3 Å². The predicted octanol–water partition coefficient (Wildman–Crippen LogP) is 4.02. The number of aromatic amines is 2. The van der Waals surface area contributed by atoms with Gasteiger partial charge in [-0.05, 0) is 112 Å². The van der Waals surface area contributed by atoms with Crippen molar-refractivity contribution in [3.05, 3.63) is 62.2 Å². The van der Waals surface area contributed by atoms with Crippen molar-refractivity contribution in [2.75, 3.05) is 26.2 Å². The minimum atomic E-state index is -0.514. The minimum absolute atomic E-state index is 0.166. The van der Waals surface area contributed by atoms with Crippen LogP contribution >= 0.6 is 15.9 Å². The molecule has 260 valence electrons. The van der Waals surface area contributed by atoms with E-state index in [9.17, 15) is 19.5 Å². The van der Waals surface area contributed by atoms with Gasteiger partial charge in [-0.15, -0.1) is 0 Å². The molecule has 49 heavy (non-hydrogen) atoms. The van der Waals surface area contributed by atoms with Gasteiger partial charge in [-0.3, -0.25) is 19.1 Å². The lowest BCUT2D eigenvalue weighted by Gasteiger charge is -2.34. The zero-order valence-corrected chi connectivity index (χ0v) is 29.4. The summed E-state index contributed by atoms with van der Waals surface area (Å²) in [6.07, 6.45) is 6.95. The van der Waals surface area contributed by atoms with Crippen molar-refractivity contribution in [2.24, 2.45) is 11.8 Å². The van der Waals surface area contributed by atoms with Crippen LogP contribution in [-0.4, -0.2) is 86.9 Å². The Hall–Kier alpha value is -4.57. The molecule has 2 aliphatic rings. The van der Waals surface area contributed by atoms with Gasteiger partial charge in [-0.1, -0.05) is 0 Å². The van der Waals surface area contributed by atoms with Crippen LogP contribution in [0.4, 0.5) is 4.79 Å². The van der Waals surface area contributed by atoms with Crippen LogP contribution in [0, 0.1) is 11.8 Å². The molecule has 1 amide bonds. The van der Waals surface area contributed by atoms with Gasteiger partial charge in [-0.2, -0.15) is 0 Å². The number of benzene rings is 1. The van der Waals surface area contributed by atoms with Gasteiger partial charge in [0.15, 0.2) is 22.6 Å². The van der Waals surface area contributed by atoms with Crippen molar-refractivity contribution < 1.29 is 14.6 Å². The molecule has 2 aliphatic heterocycles. The van der Waals surface area contributed by atoms with Crippen molar-refractivity contribution in [2.45, 2.75) is 65.1 Å². The summed E-state index contributed by atoms with van der Waals surface area (Å²) in [5.74, 6) is 0.796. The molecule has 1 aromatic carbocycles. The number of hydrogen-bond acceptors (Lipinski definition) is 10. The van der Waals surface area contributed by atoms with Gasteiger partial charge in [0.1, 0.15) is 16.0 Å². The molecular weight excluding hydrogens is 696 g/mol. The topological polar surface area (TPSA) is 189 Å². The molecule has 0 spiro atoms. The Morgan fingerprint density at radius 2 is 1.57 bits per heavy atom. The predicted molar refractivity (Wildman–Crippen MR) is 187 cm³/mol. The van der Waals surface area contributed by atoms with E-state index in [1.165, 1.54) is 0 Å². The number of phenolic OH excluding ortho intramolecular Hbond substituents is 1. The van der Waals surface area contributed by atoms with Gasteiger partial charge in [0.05, 0.1) is 18.1 Å². The summed E-state index contributed by atoms with van der Waals surface area (Å²) >= 11 is 3.29. The highest BCUT2D eigenvalue weighted by Crippen LogP contribution is 2.23. The van der Waals surface area contributed by atoms with Gasteiger partial charge in [0, 0.05) is 31.7 Å². The van der Waals surface area contributed by atoms with Crippen LogP contribution in [0.25, 0.3) is 33.8 Å². The Morgan fingerprint density at radius 1 is 0.939 bits per heavy atom. The molecule has 2 atom stereocenters. The number of carbonyl (C=O) groups excluding carboxylic acids is 1. The first kappa shape index (κ1) is 34.3. The van der Waals surface area contributed by atoms with E-state index in [-0.39, 0.29) is 29.1 Å². The van der Waals surface area contributed by atoms with Gasteiger partial charge in [0.2, 0.25) is 0 Å². The number of hydrogen-bond donors (Lipinski definition) is 4. The number of likely N-dealkylation sites (tertiary alicyclic amines) is 1. The number of nitrogens with zero attached hydrogens (tertiary/aromatic N) is 7. The molecule has 2 fully saturated rings. The number of phenols is 1. The van der Waals surface area contributed by atoms with Crippen molar-refractivity contribution in [1.29, 1.82) is 0 Å². The first-order valence-corrected chi connectivity index (χ1v) is 17.3. The highest BCUT2D eigenvalue weighted by atomic mass is 79.9. The fourth-order valence-electron chi connectivity index (χ4n) is 6.23. The smallest absolute Gasteiger partial charge is 0.410 e. The minimum Gasteiger partial charge on any atom is -0.508 e. The van der Waals surface area contributed by atoms with Crippen molar-refractivity contribution in [1.82, 2.24) is 49.3 Å². The SMILES string of the molecule is CC(C)(C)OC(=O)N1CCCC(Cn2c(=O)[nH]c3ncc(Br)nc32)C1.O=c1[nH]c2ncc(-c3ccc(O)cc3)nc2n1CC1CCCNC1. The number of halogens is 1. The molecular formula is C33H41BrN10O5. The molecule has 0 saturated carbocycles. The average molecular weight is 738 g/mol. The summed E-state index contributed by atoms with van der Waals surface area (Å²) in [6, 6.07) is 6.79. The second-order valence-corrected chi connectivity index (χ2v) is 14.4. The third-order valence-electron chi connectivity index (χ3n) is 8.55. The molecule has 5 aromatic rings. The highest BCUT2D eigenvalue weighted by molar-refractivity contribution is 9.10. The number of fused-ring (bicyclic) bond motifs is 2. The molecule has 6 heterocycles. The maximum Gasteiger partial charge on any atom is 0.410 e. The molecule has 0 aliphatic carbocycles. The molecule has 0 bridgehead atoms. The first-order chi connectivity index (χ1) is 23.4. The zero-order valence-electron chi connectivity index (χ0n) is 27.8. The summed E-state index contributed by atoms with van der Waals surface area (Å²) < 4.78 is 9.31. The van der Waals surface area contributed by atoms with Crippen molar-refractivity contribution in [3.8, 4) is 17.0 Å². The fourth-order valence-corrected chi connectivity index (χ4v) is 6.50. The summed E-state index contributed by atoms with van der Waals surface area (Å²) in [5, 5.41) is 12.8. The van der Waals surface area contributed by atoms with E-state index in [2.05, 4.69) is 51.2 Å². The Bertz CT molecular complexity index is 2040. The van der Waals surface area contributed by atoms with Crippen LogP contribution in [0.2, 0.25) is 0 Å². The number of imidazole rings is 2. The van der Waals surface area contributed by atoms with Crippen LogP contribution in [0.3, 0.4) is 0 Å². The summed E-state index contributed by atoms with van der Waals surface area (Å²) in [7, 11) is 0. The molecule has 2 saturated heterocycles. The molecule has 7 rings (SSSR count). The molecule has 4 aromatic heterocycles. The third kappa shape index (κ3) is 8.36. The van der Waals surface area contributed by atoms with Crippen LogP contribution in [-0.2, 0) is 17.8 Å². The van der Waals surface area contributed by atoms with Crippen LogP contribution in [0.1, 0.15) is 46.5 Å². The number of carbonyl (C=O) groups is 1. The average Bonchev–Trinajstić information content (AvgIpc) is 3.55. The molecule has 0 radical (unpaired) electrons. The van der Waals surface area contributed by atoms with Crippen LogP contribution in [0.15, 0.2) is 50.9 Å². The Morgan fingerprint density at radius 3 is 2.22 bits per heavy atom. The summed E-state index contributed by atoms with van der Waals surface area (Å²) in [6.45, 7) is 9.91. The summed E-state index contributed by atoms with van der Waals surface area (Å²) in [5.41, 5.74) is 2.68. The standard InChI is InChI=1S/C17H19N5O2.C16H22BrN5O3/c23-13-5-3-12(4-6-13)14-9-19-15-16(20-14)22(17(24)21-15)10-11-2-1-7-18-8-11;1-16(2,3)25-15(24)21-6-4-5-10(8-21)9-22-13-12(20-14(22)23)18-7-11(17)19-13/h3-6,9,11,18,23H,1-2,7-8,10H2,(H,19,21,24);7,10H,4-6,8-9H2,1-3H3,(H,18,20,23). The van der Waals surface area contributed by atoms with E-state index in [4.69, 9.17) is 4.74 Å². The lowest BCUT2D eigenvalue weighted by Crippen LogP contribution is -2.44. The van der Waals surface area contributed by atoms with E-state index in [0.29, 0.717) is 65.0 Å². The van der Waals surface area contributed by atoms with Gasteiger partial charge in [0.25, 0.3) is 0 Å². The fraction of sp³-hybridized carbons (Fsp3) is 0.485. The lowest BCUT2D eigenvalue weighted by atomic mass is 9.98. The number of ether oxygens (including phenoxy) is 1. The number of H-pyrrole nitrogens is 2. The Labute approximate surface area is 290 Å². The number of piperidine rings is 2. The largest absolute Gasteiger partial charge is 0.508 e. The normalized spacial score (nSPS) is 18.3. The molecule has 2 unspecified atom stereocenters. The highest BCUT2D eigenvalue weighted by Gasteiger charge is 2.28. The van der Waals surface area contributed by atoms with Gasteiger partial charge < -0.3 is 20.1 Å². The number of nitrogens with one attached hydrogen (secondary N) is 3. The van der Waals surface area contributed by atoms with E-state index < -0.39 is 5.60 Å². The number of amides is 1. The second kappa shape index (κ2) is 14.5. The van der Waals surface area contributed by atoms with E-state index in [1.807, 2.05) is 20.8 Å². The van der Waals surface area contributed by atoms with E-state index >= 15 is 0 Å².